The van der Waals surface area contributed by atoms with Crippen molar-refractivity contribution in [3.63, 3.8) is 0 Å². The van der Waals surface area contributed by atoms with E-state index in [-0.39, 0.29) is 18.0 Å². The van der Waals surface area contributed by atoms with Gasteiger partial charge in [-0.25, -0.2) is 4.79 Å². The molecule has 0 radical (unpaired) electrons. The van der Waals surface area contributed by atoms with Crippen molar-refractivity contribution in [1.29, 1.82) is 0 Å². The van der Waals surface area contributed by atoms with E-state index in [0.717, 1.165) is 0 Å². The van der Waals surface area contributed by atoms with Crippen molar-refractivity contribution in [3.05, 3.63) is 0 Å². The highest BCUT2D eigenvalue weighted by Gasteiger charge is 2.37. The number of nitrogens with zero attached hydrogens (tertiary/aromatic N) is 1. The van der Waals surface area contributed by atoms with Gasteiger partial charge in [-0.3, -0.25) is 9.59 Å². The highest BCUT2D eigenvalue weighted by Crippen LogP contribution is 2.24. The number of primary amides is 1. The van der Waals surface area contributed by atoms with Gasteiger partial charge in [-0.15, -0.1) is 0 Å². The van der Waals surface area contributed by atoms with Gasteiger partial charge < -0.3 is 21.1 Å². The summed E-state index contributed by atoms with van der Waals surface area (Å²) in [5.74, 6) is -1.69. The van der Waals surface area contributed by atoms with E-state index in [1.165, 1.54) is 0 Å². The minimum absolute atomic E-state index is 0.240. The Kier molecular flexibility index (Phi) is 5.59. The number of amides is 3. The van der Waals surface area contributed by atoms with E-state index in [4.69, 9.17) is 10.8 Å². The topological polar surface area (TPSA) is 113 Å². The molecule has 0 aromatic rings. The number of carboxylic acids is 1. The van der Waals surface area contributed by atoms with Crippen LogP contribution >= 0.6 is 0 Å². The van der Waals surface area contributed by atoms with E-state index in [9.17, 15) is 14.4 Å². The molecule has 4 N–H and O–H groups in total. The van der Waals surface area contributed by atoms with Gasteiger partial charge in [0.25, 0.3) is 0 Å². The summed E-state index contributed by atoms with van der Waals surface area (Å²) in [6.07, 6.45) is 2.13. The van der Waals surface area contributed by atoms with Crippen LogP contribution in [0.2, 0.25) is 0 Å². The summed E-state index contributed by atoms with van der Waals surface area (Å²) in [6, 6.07) is -0.529. The number of carboxylic acid groups (broad SMARTS) is 1. The second kappa shape index (κ2) is 6.96. The Hall–Kier alpha value is -1.79. The zero-order valence-electron chi connectivity index (χ0n) is 11.1. The molecule has 0 aliphatic carbocycles. The molecule has 2 atom stereocenters. The largest absolute Gasteiger partial charge is 0.481 e. The summed E-state index contributed by atoms with van der Waals surface area (Å²) >= 11 is 0. The molecule has 0 aromatic carbocycles. The molecule has 0 bridgehead atoms. The highest BCUT2D eigenvalue weighted by atomic mass is 16.4. The number of rotatable bonds is 6. The average Bonchev–Trinajstić information content (AvgIpc) is 2.70. The lowest BCUT2D eigenvalue weighted by molar-refractivity contribution is -0.142. The average molecular weight is 271 g/mol. The molecule has 1 fully saturated rings. The summed E-state index contributed by atoms with van der Waals surface area (Å²) in [5.41, 5.74) is 5.01. The summed E-state index contributed by atoms with van der Waals surface area (Å²) in [6.45, 7) is 2.68. The summed E-state index contributed by atoms with van der Waals surface area (Å²) in [4.78, 5) is 34.9. The number of urea groups is 1. The van der Waals surface area contributed by atoms with Crippen LogP contribution in [0, 0.1) is 5.92 Å². The van der Waals surface area contributed by atoms with Crippen molar-refractivity contribution in [2.75, 3.05) is 13.1 Å². The Morgan fingerprint density at radius 2 is 2.05 bits per heavy atom. The standard InChI is InChI=1S/C12H21N3O4/c1-8-9(11(17)18)5-7-15(8)12(19)14-6-3-2-4-10(13)16/h8-9H,2-7H2,1H3,(H2,13,16)(H,14,19)(H,17,18). The van der Waals surface area contributed by atoms with Gasteiger partial charge in [-0.2, -0.15) is 0 Å². The zero-order chi connectivity index (χ0) is 14.4. The molecule has 0 saturated carbocycles. The number of unbranched alkanes of at least 4 members (excludes halogenated alkanes) is 1. The predicted molar refractivity (Wildman–Crippen MR) is 68.4 cm³/mol. The Bertz CT molecular complexity index is 359. The zero-order valence-corrected chi connectivity index (χ0v) is 11.1. The fourth-order valence-electron chi connectivity index (χ4n) is 2.28. The van der Waals surface area contributed by atoms with E-state index < -0.39 is 11.9 Å². The molecule has 1 rings (SSSR count). The molecule has 2 unspecified atom stereocenters. The maximum atomic E-state index is 11.9. The first kappa shape index (κ1) is 15.3. The lowest BCUT2D eigenvalue weighted by Gasteiger charge is -2.23. The van der Waals surface area contributed by atoms with Crippen LogP contribution < -0.4 is 11.1 Å². The SMILES string of the molecule is CC1C(C(=O)O)CCN1C(=O)NCCCCC(N)=O. The normalized spacial score (nSPS) is 22.3. The van der Waals surface area contributed by atoms with Crippen LogP contribution in [0.15, 0.2) is 0 Å². The molecule has 1 heterocycles. The van der Waals surface area contributed by atoms with Crippen LogP contribution in [0.5, 0.6) is 0 Å². The maximum Gasteiger partial charge on any atom is 0.317 e. The molecule has 1 aliphatic rings. The molecule has 3 amide bonds. The fraction of sp³-hybridized carbons (Fsp3) is 0.750. The van der Waals surface area contributed by atoms with Crippen LogP contribution in [-0.4, -0.2) is 47.0 Å². The molecule has 7 nitrogen and oxygen atoms in total. The van der Waals surface area contributed by atoms with Gasteiger partial charge in [-0.1, -0.05) is 0 Å². The fourth-order valence-corrected chi connectivity index (χ4v) is 2.28. The third-order valence-electron chi connectivity index (χ3n) is 3.46. The Morgan fingerprint density at radius 1 is 1.37 bits per heavy atom. The van der Waals surface area contributed by atoms with Gasteiger partial charge in [0.1, 0.15) is 0 Å². The Labute approximate surface area is 112 Å². The molecule has 108 valence electrons. The maximum absolute atomic E-state index is 11.9. The van der Waals surface area contributed by atoms with Gasteiger partial charge in [-0.05, 0) is 26.2 Å². The third kappa shape index (κ3) is 4.42. The van der Waals surface area contributed by atoms with Crippen LogP contribution in [0.4, 0.5) is 4.79 Å². The third-order valence-corrected chi connectivity index (χ3v) is 3.46. The molecular formula is C12H21N3O4. The molecule has 19 heavy (non-hydrogen) atoms. The number of carbonyl (C=O) groups excluding carboxylic acids is 2. The summed E-state index contributed by atoms with van der Waals surface area (Å²) < 4.78 is 0. The smallest absolute Gasteiger partial charge is 0.317 e. The lowest BCUT2D eigenvalue weighted by atomic mass is 10.0. The van der Waals surface area contributed by atoms with Gasteiger partial charge >= 0.3 is 12.0 Å². The van der Waals surface area contributed by atoms with Crippen molar-refractivity contribution in [2.24, 2.45) is 11.7 Å². The first-order chi connectivity index (χ1) is 8.93. The van der Waals surface area contributed by atoms with Crippen molar-refractivity contribution in [2.45, 2.75) is 38.6 Å². The summed E-state index contributed by atoms with van der Waals surface area (Å²) in [5, 5.41) is 11.7. The molecule has 7 heteroatoms. The van der Waals surface area contributed by atoms with E-state index in [0.29, 0.717) is 38.8 Å². The second-order valence-corrected chi connectivity index (χ2v) is 4.82. The monoisotopic (exact) mass is 271 g/mol. The number of likely N-dealkylation sites (tertiary alicyclic amines) is 1. The summed E-state index contributed by atoms with van der Waals surface area (Å²) in [7, 11) is 0. The van der Waals surface area contributed by atoms with E-state index in [2.05, 4.69) is 5.32 Å². The van der Waals surface area contributed by atoms with Crippen LogP contribution in [0.1, 0.15) is 32.6 Å². The minimum atomic E-state index is -0.857. The van der Waals surface area contributed by atoms with Crippen LogP contribution in [0.3, 0.4) is 0 Å². The molecule has 0 spiro atoms. The number of nitrogens with two attached hydrogens (primary N) is 1. The first-order valence-electron chi connectivity index (χ1n) is 6.49. The van der Waals surface area contributed by atoms with E-state index in [1.54, 1.807) is 11.8 Å². The lowest BCUT2D eigenvalue weighted by Crippen LogP contribution is -2.44. The van der Waals surface area contributed by atoms with Crippen molar-refractivity contribution < 1.29 is 19.5 Å². The number of hydrogen-bond donors (Lipinski definition) is 3. The Balaban J connectivity index is 2.27. The van der Waals surface area contributed by atoms with Crippen molar-refractivity contribution in [1.82, 2.24) is 10.2 Å². The second-order valence-electron chi connectivity index (χ2n) is 4.82. The highest BCUT2D eigenvalue weighted by molar-refractivity contribution is 5.78. The van der Waals surface area contributed by atoms with E-state index >= 15 is 0 Å². The molecular weight excluding hydrogens is 250 g/mol. The Morgan fingerprint density at radius 3 is 2.58 bits per heavy atom. The number of carbonyl (C=O) groups is 3. The first-order valence-corrected chi connectivity index (χ1v) is 6.49. The minimum Gasteiger partial charge on any atom is -0.481 e. The number of hydrogen-bond acceptors (Lipinski definition) is 3. The van der Waals surface area contributed by atoms with Gasteiger partial charge in [0.2, 0.25) is 5.91 Å². The van der Waals surface area contributed by atoms with Gasteiger partial charge in [0, 0.05) is 25.6 Å². The van der Waals surface area contributed by atoms with Gasteiger partial charge in [0.05, 0.1) is 5.92 Å². The molecule has 0 aromatic heterocycles. The predicted octanol–water partition coefficient (Wildman–Crippen LogP) is 0.147. The van der Waals surface area contributed by atoms with Gasteiger partial charge in [0.15, 0.2) is 0 Å². The number of nitrogens with one attached hydrogen (secondary N) is 1. The van der Waals surface area contributed by atoms with E-state index in [1.807, 2.05) is 0 Å². The van der Waals surface area contributed by atoms with Crippen molar-refractivity contribution >= 4 is 17.9 Å². The quantitative estimate of drug-likeness (QED) is 0.596. The molecule has 1 saturated heterocycles. The van der Waals surface area contributed by atoms with Crippen LogP contribution in [-0.2, 0) is 9.59 Å². The van der Waals surface area contributed by atoms with Crippen molar-refractivity contribution in [3.8, 4) is 0 Å². The number of aliphatic carboxylic acids is 1. The molecule has 1 aliphatic heterocycles. The van der Waals surface area contributed by atoms with Crippen LogP contribution in [0.25, 0.3) is 0 Å².